The molecule has 1 aliphatic rings. The topological polar surface area (TPSA) is 99.9 Å². The number of aromatic nitrogens is 1. The standard InChI is InChI=1S/C28H35N5O4/c1-19-6-9-23(20(2)14-19)33-12-10-32(11-13-33)17-28(3,4)31-27(35)26(34)30-21-7-8-22(24(15-21)36-5)25-16-29-18-37-25/h6-9,14-16,18H,10-13,17H2,1-5H3,(H,30,34)(H,31,35). The number of amides is 2. The van der Waals surface area contributed by atoms with Gasteiger partial charge < -0.3 is 24.7 Å². The highest BCUT2D eigenvalue weighted by Crippen LogP contribution is 2.32. The van der Waals surface area contributed by atoms with Gasteiger partial charge in [0, 0.05) is 55.7 Å². The summed E-state index contributed by atoms with van der Waals surface area (Å²) in [4.78, 5) is 34.0. The molecule has 0 unspecified atom stereocenters. The van der Waals surface area contributed by atoms with E-state index in [4.69, 9.17) is 9.15 Å². The van der Waals surface area contributed by atoms with Gasteiger partial charge in [0.15, 0.2) is 12.2 Å². The molecule has 1 fully saturated rings. The maximum Gasteiger partial charge on any atom is 0.313 e. The molecule has 9 heteroatoms. The fourth-order valence-electron chi connectivity index (χ4n) is 4.78. The summed E-state index contributed by atoms with van der Waals surface area (Å²) in [5, 5.41) is 5.53. The minimum Gasteiger partial charge on any atom is -0.496 e. The van der Waals surface area contributed by atoms with Gasteiger partial charge in [-0.3, -0.25) is 14.5 Å². The van der Waals surface area contributed by atoms with Gasteiger partial charge in [-0.1, -0.05) is 17.7 Å². The first kappa shape index (κ1) is 26.2. The van der Waals surface area contributed by atoms with Gasteiger partial charge in [0.2, 0.25) is 0 Å². The van der Waals surface area contributed by atoms with Crippen LogP contribution >= 0.6 is 0 Å². The van der Waals surface area contributed by atoms with Crippen molar-refractivity contribution in [3.8, 4) is 17.1 Å². The SMILES string of the molecule is COc1cc(NC(=O)C(=O)NC(C)(C)CN2CCN(c3ccc(C)cc3C)CC2)ccc1-c1cnco1. The smallest absolute Gasteiger partial charge is 0.313 e. The van der Waals surface area contributed by atoms with Crippen LogP contribution in [0.5, 0.6) is 5.75 Å². The molecule has 1 aromatic heterocycles. The fourth-order valence-corrected chi connectivity index (χ4v) is 4.78. The zero-order chi connectivity index (χ0) is 26.6. The molecule has 3 aromatic rings. The lowest BCUT2D eigenvalue weighted by Gasteiger charge is -2.40. The Kier molecular flexibility index (Phi) is 7.83. The van der Waals surface area contributed by atoms with Crippen LogP contribution in [-0.4, -0.2) is 67.1 Å². The molecule has 0 saturated carbocycles. The van der Waals surface area contributed by atoms with E-state index in [1.165, 1.54) is 30.3 Å². The van der Waals surface area contributed by atoms with E-state index in [1.54, 1.807) is 24.4 Å². The van der Waals surface area contributed by atoms with Gasteiger partial charge in [-0.15, -0.1) is 0 Å². The summed E-state index contributed by atoms with van der Waals surface area (Å²) in [7, 11) is 1.53. The molecule has 2 N–H and O–H groups in total. The first-order valence-corrected chi connectivity index (χ1v) is 12.4. The Morgan fingerprint density at radius 1 is 1.05 bits per heavy atom. The summed E-state index contributed by atoms with van der Waals surface area (Å²) < 4.78 is 10.7. The molecular weight excluding hydrogens is 470 g/mol. The van der Waals surface area contributed by atoms with Crippen LogP contribution in [0.15, 0.2) is 53.4 Å². The lowest BCUT2D eigenvalue weighted by molar-refractivity contribution is -0.137. The summed E-state index contributed by atoms with van der Waals surface area (Å²) in [6.45, 7) is 12.4. The molecule has 0 spiro atoms. The number of carbonyl (C=O) groups excluding carboxylic acids is 2. The first-order valence-electron chi connectivity index (χ1n) is 12.4. The third-order valence-corrected chi connectivity index (χ3v) is 6.50. The number of anilines is 2. The zero-order valence-corrected chi connectivity index (χ0v) is 22.1. The maximum atomic E-state index is 12.7. The second kappa shape index (κ2) is 11.0. The Hall–Kier alpha value is -3.85. The number of ether oxygens (including phenoxy) is 1. The van der Waals surface area contributed by atoms with Gasteiger partial charge in [0.05, 0.1) is 18.9 Å². The number of methoxy groups -OCH3 is 1. The minimum atomic E-state index is -0.734. The summed E-state index contributed by atoms with van der Waals surface area (Å²) in [6, 6.07) is 11.6. The molecule has 0 bridgehead atoms. The van der Waals surface area contributed by atoms with Gasteiger partial charge in [-0.05, 0) is 51.5 Å². The maximum absolute atomic E-state index is 12.7. The van der Waals surface area contributed by atoms with E-state index in [9.17, 15) is 9.59 Å². The molecule has 2 heterocycles. The number of aryl methyl sites for hydroxylation is 2. The van der Waals surface area contributed by atoms with E-state index in [2.05, 4.69) is 57.5 Å². The predicted molar refractivity (Wildman–Crippen MR) is 144 cm³/mol. The average molecular weight is 506 g/mol. The Morgan fingerprint density at radius 3 is 2.46 bits per heavy atom. The Balaban J connectivity index is 1.30. The summed E-state index contributed by atoms with van der Waals surface area (Å²) >= 11 is 0. The van der Waals surface area contributed by atoms with Crippen LogP contribution in [0.2, 0.25) is 0 Å². The highest BCUT2D eigenvalue weighted by atomic mass is 16.5. The number of hydrogen-bond donors (Lipinski definition) is 2. The Morgan fingerprint density at radius 2 is 1.81 bits per heavy atom. The Bertz CT molecular complexity index is 1250. The number of carbonyl (C=O) groups is 2. The van der Waals surface area contributed by atoms with Crippen molar-refractivity contribution in [2.75, 3.05) is 50.1 Å². The van der Waals surface area contributed by atoms with Crippen LogP contribution in [0.3, 0.4) is 0 Å². The number of nitrogens with one attached hydrogen (secondary N) is 2. The van der Waals surface area contributed by atoms with Crippen molar-refractivity contribution in [3.05, 3.63) is 60.1 Å². The Labute approximate surface area is 217 Å². The summed E-state index contributed by atoms with van der Waals surface area (Å²) in [5.74, 6) is -0.376. The van der Waals surface area contributed by atoms with Gasteiger partial charge in [-0.25, -0.2) is 4.98 Å². The molecule has 0 radical (unpaired) electrons. The average Bonchev–Trinajstić information content (AvgIpc) is 3.39. The zero-order valence-electron chi connectivity index (χ0n) is 22.1. The summed E-state index contributed by atoms with van der Waals surface area (Å²) in [6.07, 6.45) is 2.91. The van der Waals surface area contributed by atoms with E-state index >= 15 is 0 Å². The molecule has 4 rings (SSSR count). The van der Waals surface area contributed by atoms with E-state index in [0.717, 1.165) is 26.2 Å². The predicted octanol–water partition coefficient (Wildman–Crippen LogP) is 3.62. The van der Waals surface area contributed by atoms with Gasteiger partial charge >= 0.3 is 11.8 Å². The van der Waals surface area contributed by atoms with Crippen molar-refractivity contribution < 1.29 is 18.7 Å². The van der Waals surface area contributed by atoms with Crippen molar-refractivity contribution >= 4 is 23.2 Å². The van der Waals surface area contributed by atoms with E-state index in [0.29, 0.717) is 29.3 Å². The van der Waals surface area contributed by atoms with Crippen LogP contribution in [0.1, 0.15) is 25.0 Å². The normalized spacial score (nSPS) is 14.4. The third-order valence-electron chi connectivity index (χ3n) is 6.50. The van der Waals surface area contributed by atoms with Crippen LogP contribution in [-0.2, 0) is 9.59 Å². The number of rotatable bonds is 7. The van der Waals surface area contributed by atoms with Crippen molar-refractivity contribution in [2.45, 2.75) is 33.2 Å². The molecule has 1 saturated heterocycles. The van der Waals surface area contributed by atoms with Crippen LogP contribution in [0.25, 0.3) is 11.3 Å². The van der Waals surface area contributed by atoms with Crippen molar-refractivity contribution in [1.82, 2.24) is 15.2 Å². The lowest BCUT2D eigenvalue weighted by atomic mass is 10.0. The highest BCUT2D eigenvalue weighted by molar-refractivity contribution is 6.39. The number of oxazole rings is 1. The van der Waals surface area contributed by atoms with Crippen molar-refractivity contribution in [3.63, 3.8) is 0 Å². The molecule has 0 atom stereocenters. The van der Waals surface area contributed by atoms with E-state index < -0.39 is 17.4 Å². The van der Waals surface area contributed by atoms with Gasteiger partial charge in [-0.2, -0.15) is 0 Å². The molecule has 2 amide bonds. The second-order valence-corrected chi connectivity index (χ2v) is 10.1. The van der Waals surface area contributed by atoms with Crippen LogP contribution in [0.4, 0.5) is 11.4 Å². The molecule has 1 aliphatic heterocycles. The number of piperazine rings is 1. The van der Waals surface area contributed by atoms with Gasteiger partial charge in [0.25, 0.3) is 0 Å². The number of nitrogens with zero attached hydrogens (tertiary/aromatic N) is 3. The lowest BCUT2D eigenvalue weighted by Crippen LogP contribution is -2.57. The molecule has 196 valence electrons. The third kappa shape index (κ3) is 6.48. The molecule has 2 aromatic carbocycles. The van der Waals surface area contributed by atoms with Crippen LogP contribution < -0.4 is 20.3 Å². The highest BCUT2D eigenvalue weighted by Gasteiger charge is 2.29. The van der Waals surface area contributed by atoms with E-state index in [1.807, 2.05) is 13.8 Å². The molecular formula is C28H35N5O4. The number of hydrogen-bond acceptors (Lipinski definition) is 7. The molecule has 37 heavy (non-hydrogen) atoms. The molecule has 9 nitrogen and oxygen atoms in total. The fraction of sp³-hybridized carbons (Fsp3) is 0.393. The van der Waals surface area contributed by atoms with Crippen molar-refractivity contribution in [1.29, 1.82) is 0 Å². The quantitative estimate of drug-likeness (QED) is 0.473. The van der Waals surface area contributed by atoms with Crippen molar-refractivity contribution in [2.24, 2.45) is 0 Å². The second-order valence-electron chi connectivity index (χ2n) is 10.1. The first-order chi connectivity index (χ1) is 17.6. The monoisotopic (exact) mass is 505 g/mol. The van der Waals surface area contributed by atoms with Crippen LogP contribution in [0, 0.1) is 13.8 Å². The molecule has 0 aliphatic carbocycles. The minimum absolute atomic E-state index is 0.445. The largest absolute Gasteiger partial charge is 0.496 e. The van der Waals surface area contributed by atoms with E-state index in [-0.39, 0.29) is 0 Å². The van der Waals surface area contributed by atoms with Gasteiger partial charge in [0.1, 0.15) is 5.75 Å². The number of benzene rings is 2. The summed E-state index contributed by atoms with van der Waals surface area (Å²) in [5.41, 5.74) is 4.40.